The van der Waals surface area contributed by atoms with Gasteiger partial charge in [0.05, 0.1) is 19.2 Å². The summed E-state index contributed by atoms with van der Waals surface area (Å²) >= 11 is 0. The van der Waals surface area contributed by atoms with Crippen molar-refractivity contribution in [2.45, 2.75) is 38.8 Å². The van der Waals surface area contributed by atoms with Crippen LogP contribution in [-0.4, -0.2) is 31.0 Å². The van der Waals surface area contributed by atoms with Gasteiger partial charge in [0.1, 0.15) is 5.75 Å². The van der Waals surface area contributed by atoms with Crippen molar-refractivity contribution >= 4 is 17.5 Å². The molecule has 6 heteroatoms. The predicted octanol–water partition coefficient (Wildman–Crippen LogP) is 2.07. The van der Waals surface area contributed by atoms with E-state index in [9.17, 15) is 9.59 Å². The van der Waals surface area contributed by atoms with Crippen molar-refractivity contribution in [3.8, 4) is 5.75 Å². The highest BCUT2D eigenvalue weighted by molar-refractivity contribution is 5.99. The second-order valence-corrected chi connectivity index (χ2v) is 6.72. The van der Waals surface area contributed by atoms with E-state index in [1.165, 1.54) is 6.08 Å². The molecule has 0 heterocycles. The Morgan fingerprint density at radius 1 is 1.24 bits per heavy atom. The van der Waals surface area contributed by atoms with Gasteiger partial charge in [-0.25, -0.2) is 0 Å². The zero-order chi connectivity index (χ0) is 18.4. The Morgan fingerprint density at radius 2 is 1.88 bits per heavy atom. The molecule has 0 unspecified atom stereocenters. The third-order valence-corrected chi connectivity index (χ3v) is 4.27. The van der Waals surface area contributed by atoms with Gasteiger partial charge in [-0.2, -0.15) is 0 Å². The smallest absolute Gasteiger partial charge is 0.248 e. The molecule has 0 aliphatic heterocycles. The van der Waals surface area contributed by atoms with Crippen LogP contribution >= 0.6 is 0 Å². The van der Waals surface area contributed by atoms with Gasteiger partial charge in [0.25, 0.3) is 0 Å². The molecule has 0 radical (unpaired) electrons. The SMILES string of the molecule is COc1ccc(NC(=O)/C=C/[C@@H](NC(=O)[C@@H](N)C(C)C)C2CC2)cc1. The molecule has 1 saturated carbocycles. The fraction of sp³-hybridized carbons (Fsp3) is 0.474. The van der Waals surface area contributed by atoms with Crippen molar-refractivity contribution in [2.75, 3.05) is 12.4 Å². The van der Waals surface area contributed by atoms with Crippen LogP contribution in [0.15, 0.2) is 36.4 Å². The first-order valence-corrected chi connectivity index (χ1v) is 8.60. The summed E-state index contributed by atoms with van der Waals surface area (Å²) in [6.45, 7) is 3.82. The lowest BCUT2D eigenvalue weighted by Crippen LogP contribution is -2.48. The van der Waals surface area contributed by atoms with Crippen molar-refractivity contribution in [1.82, 2.24) is 5.32 Å². The van der Waals surface area contributed by atoms with Gasteiger partial charge in [-0.15, -0.1) is 0 Å². The maximum Gasteiger partial charge on any atom is 0.248 e. The van der Waals surface area contributed by atoms with Crippen LogP contribution in [0.4, 0.5) is 5.69 Å². The molecule has 2 amide bonds. The summed E-state index contributed by atoms with van der Waals surface area (Å²) in [6, 6.07) is 6.40. The van der Waals surface area contributed by atoms with Gasteiger partial charge >= 0.3 is 0 Å². The summed E-state index contributed by atoms with van der Waals surface area (Å²) in [6.07, 6.45) is 5.31. The summed E-state index contributed by atoms with van der Waals surface area (Å²) in [5.41, 5.74) is 6.57. The van der Waals surface area contributed by atoms with E-state index >= 15 is 0 Å². The van der Waals surface area contributed by atoms with E-state index in [-0.39, 0.29) is 23.8 Å². The van der Waals surface area contributed by atoms with Gasteiger partial charge in [-0.1, -0.05) is 19.9 Å². The highest BCUT2D eigenvalue weighted by Crippen LogP contribution is 2.33. The van der Waals surface area contributed by atoms with Crippen LogP contribution in [0.5, 0.6) is 5.75 Å². The van der Waals surface area contributed by atoms with E-state index in [1.54, 1.807) is 37.5 Å². The van der Waals surface area contributed by atoms with Gasteiger partial charge in [0.15, 0.2) is 0 Å². The molecule has 6 nitrogen and oxygen atoms in total. The standard InChI is InChI=1S/C19H27N3O3/c1-12(2)18(20)19(24)22-16(13-4-5-13)10-11-17(23)21-14-6-8-15(25-3)9-7-14/h6-13,16,18H,4-5,20H2,1-3H3,(H,21,23)(H,22,24)/b11-10+/t16-,18+/m1/s1. The van der Waals surface area contributed by atoms with E-state index in [0.29, 0.717) is 11.6 Å². The van der Waals surface area contributed by atoms with Crippen LogP contribution in [0.3, 0.4) is 0 Å². The predicted molar refractivity (Wildman–Crippen MR) is 98.2 cm³/mol. The Kier molecular flexibility index (Phi) is 6.58. The zero-order valence-corrected chi connectivity index (χ0v) is 15.0. The Balaban J connectivity index is 1.91. The lowest BCUT2D eigenvalue weighted by molar-refractivity contribution is -0.123. The number of rotatable bonds is 8. The zero-order valence-electron chi connectivity index (χ0n) is 15.0. The normalized spacial score (nSPS) is 16.5. The highest BCUT2D eigenvalue weighted by Gasteiger charge is 2.32. The largest absolute Gasteiger partial charge is 0.497 e. The van der Waals surface area contributed by atoms with E-state index in [1.807, 2.05) is 13.8 Å². The Labute approximate surface area is 148 Å². The maximum absolute atomic E-state index is 12.1. The van der Waals surface area contributed by atoms with Crippen LogP contribution in [0.1, 0.15) is 26.7 Å². The third kappa shape index (κ3) is 5.90. The molecule has 2 atom stereocenters. The van der Waals surface area contributed by atoms with Crippen molar-refractivity contribution < 1.29 is 14.3 Å². The number of amides is 2. The Hall–Kier alpha value is -2.34. The molecule has 25 heavy (non-hydrogen) atoms. The molecule has 0 spiro atoms. The number of carbonyl (C=O) groups is 2. The van der Waals surface area contributed by atoms with Crippen molar-refractivity contribution in [2.24, 2.45) is 17.6 Å². The lowest BCUT2D eigenvalue weighted by Gasteiger charge is -2.20. The number of nitrogens with two attached hydrogens (primary N) is 1. The summed E-state index contributed by atoms with van der Waals surface area (Å²) in [4.78, 5) is 24.2. The minimum absolute atomic E-state index is 0.0715. The maximum atomic E-state index is 12.1. The minimum Gasteiger partial charge on any atom is -0.497 e. The van der Waals surface area contributed by atoms with Gasteiger partial charge in [0, 0.05) is 11.8 Å². The number of ether oxygens (including phenoxy) is 1. The molecular formula is C19H27N3O3. The molecular weight excluding hydrogens is 318 g/mol. The second-order valence-electron chi connectivity index (χ2n) is 6.72. The van der Waals surface area contributed by atoms with Crippen molar-refractivity contribution in [3.05, 3.63) is 36.4 Å². The molecule has 1 aliphatic rings. The molecule has 1 aromatic carbocycles. The molecule has 0 bridgehead atoms. The van der Waals surface area contributed by atoms with Crippen LogP contribution in [0, 0.1) is 11.8 Å². The van der Waals surface area contributed by atoms with E-state index in [2.05, 4.69) is 10.6 Å². The average molecular weight is 345 g/mol. The molecule has 136 valence electrons. The lowest BCUT2D eigenvalue weighted by atomic mass is 10.0. The fourth-order valence-electron chi connectivity index (χ4n) is 2.39. The third-order valence-electron chi connectivity index (χ3n) is 4.27. The van der Waals surface area contributed by atoms with Crippen LogP contribution in [0.2, 0.25) is 0 Å². The first-order valence-electron chi connectivity index (χ1n) is 8.60. The number of anilines is 1. The number of carbonyl (C=O) groups excluding carboxylic acids is 2. The van der Waals surface area contributed by atoms with E-state index in [0.717, 1.165) is 18.6 Å². The summed E-state index contributed by atoms with van der Waals surface area (Å²) in [5, 5.41) is 5.73. The van der Waals surface area contributed by atoms with Gasteiger partial charge in [0.2, 0.25) is 11.8 Å². The Morgan fingerprint density at radius 3 is 2.40 bits per heavy atom. The first-order chi connectivity index (χ1) is 11.9. The summed E-state index contributed by atoms with van der Waals surface area (Å²) in [5.74, 6) is 0.771. The topological polar surface area (TPSA) is 93.5 Å². The number of hydrogen-bond acceptors (Lipinski definition) is 4. The highest BCUT2D eigenvalue weighted by atomic mass is 16.5. The fourth-order valence-corrected chi connectivity index (χ4v) is 2.39. The van der Waals surface area contributed by atoms with Gasteiger partial charge in [-0.05, 0) is 48.9 Å². The molecule has 1 aliphatic carbocycles. The second kappa shape index (κ2) is 8.67. The molecule has 1 fully saturated rings. The summed E-state index contributed by atoms with van der Waals surface area (Å²) in [7, 11) is 1.59. The molecule has 0 saturated heterocycles. The molecule has 2 rings (SSSR count). The van der Waals surface area contributed by atoms with E-state index < -0.39 is 6.04 Å². The number of benzene rings is 1. The van der Waals surface area contributed by atoms with Crippen LogP contribution in [0.25, 0.3) is 0 Å². The number of hydrogen-bond donors (Lipinski definition) is 3. The minimum atomic E-state index is -0.539. The number of methoxy groups -OCH3 is 1. The van der Waals surface area contributed by atoms with Crippen LogP contribution < -0.4 is 21.1 Å². The monoisotopic (exact) mass is 345 g/mol. The summed E-state index contributed by atoms with van der Waals surface area (Å²) < 4.78 is 5.08. The van der Waals surface area contributed by atoms with E-state index in [4.69, 9.17) is 10.5 Å². The molecule has 4 N–H and O–H groups in total. The first kappa shape index (κ1) is 19.0. The number of nitrogens with one attached hydrogen (secondary N) is 2. The molecule has 0 aromatic heterocycles. The average Bonchev–Trinajstić information content (AvgIpc) is 3.43. The van der Waals surface area contributed by atoms with Crippen molar-refractivity contribution in [3.63, 3.8) is 0 Å². The van der Waals surface area contributed by atoms with Gasteiger partial charge < -0.3 is 21.1 Å². The Bertz CT molecular complexity index is 621. The van der Waals surface area contributed by atoms with Crippen molar-refractivity contribution in [1.29, 1.82) is 0 Å². The van der Waals surface area contributed by atoms with Gasteiger partial charge in [-0.3, -0.25) is 9.59 Å². The quantitative estimate of drug-likeness (QED) is 0.629. The van der Waals surface area contributed by atoms with Crippen LogP contribution in [-0.2, 0) is 9.59 Å². The molecule has 1 aromatic rings.